The van der Waals surface area contributed by atoms with Crippen molar-refractivity contribution >= 4 is 29.1 Å². The number of hydrogen-bond acceptors (Lipinski definition) is 5. The number of rotatable bonds is 4. The summed E-state index contributed by atoms with van der Waals surface area (Å²) in [6.45, 7) is 1.72. The van der Waals surface area contributed by atoms with Gasteiger partial charge in [0.2, 0.25) is 0 Å². The highest BCUT2D eigenvalue weighted by atomic mass is 35.5. The van der Waals surface area contributed by atoms with Gasteiger partial charge in [0.05, 0.1) is 18.9 Å². The molecule has 0 atom stereocenters. The fourth-order valence-corrected chi connectivity index (χ4v) is 1.79. The van der Waals surface area contributed by atoms with Crippen LogP contribution < -0.4 is 10.1 Å². The van der Waals surface area contributed by atoms with E-state index in [9.17, 15) is 4.79 Å². The number of nitrogens with zero attached hydrogens (tertiary/aromatic N) is 2. The third kappa shape index (κ3) is 2.97. The molecule has 0 bridgehead atoms. The Labute approximate surface area is 120 Å². The maximum absolute atomic E-state index is 11.0. The predicted octanol–water partition coefficient (Wildman–Crippen LogP) is 2.89. The Kier molecular flexibility index (Phi) is 4.05. The van der Waals surface area contributed by atoms with Crippen molar-refractivity contribution in [3.05, 3.63) is 40.5 Å². The van der Waals surface area contributed by atoms with Crippen LogP contribution in [0.15, 0.2) is 24.4 Å². The Morgan fingerprint density at radius 3 is 2.80 bits per heavy atom. The van der Waals surface area contributed by atoms with Crippen LogP contribution in [0.25, 0.3) is 0 Å². The molecule has 104 valence electrons. The van der Waals surface area contributed by atoms with Crippen LogP contribution in [0.5, 0.6) is 6.01 Å². The number of carboxylic acids is 1. The second-order valence-electron chi connectivity index (χ2n) is 4.01. The minimum atomic E-state index is -0.962. The van der Waals surface area contributed by atoms with Gasteiger partial charge in [0.1, 0.15) is 5.02 Å². The summed E-state index contributed by atoms with van der Waals surface area (Å²) in [6, 6.07) is 5.05. The molecule has 1 heterocycles. The molecule has 0 radical (unpaired) electrons. The first-order valence-electron chi connectivity index (χ1n) is 5.68. The normalized spacial score (nSPS) is 10.2. The van der Waals surface area contributed by atoms with E-state index in [4.69, 9.17) is 21.4 Å². The van der Waals surface area contributed by atoms with Gasteiger partial charge in [0.15, 0.2) is 5.82 Å². The Bertz CT molecular complexity index is 661. The number of methoxy groups -OCH3 is 1. The van der Waals surface area contributed by atoms with Gasteiger partial charge in [-0.05, 0) is 30.7 Å². The largest absolute Gasteiger partial charge is 0.478 e. The predicted molar refractivity (Wildman–Crippen MR) is 75.0 cm³/mol. The molecule has 7 heteroatoms. The number of halogens is 1. The molecule has 0 fully saturated rings. The summed E-state index contributed by atoms with van der Waals surface area (Å²) >= 11 is 5.99. The molecule has 0 aliphatic carbocycles. The molecule has 0 unspecified atom stereocenters. The summed E-state index contributed by atoms with van der Waals surface area (Å²) in [5.74, 6) is -0.572. The summed E-state index contributed by atoms with van der Waals surface area (Å²) in [5.41, 5.74) is 1.57. The average molecular weight is 294 g/mol. The van der Waals surface area contributed by atoms with Crippen LogP contribution in [0.2, 0.25) is 5.02 Å². The molecule has 0 saturated carbocycles. The highest BCUT2D eigenvalue weighted by Gasteiger charge is 2.09. The van der Waals surface area contributed by atoms with Gasteiger partial charge in [-0.15, -0.1) is 0 Å². The van der Waals surface area contributed by atoms with Gasteiger partial charge in [-0.2, -0.15) is 4.98 Å². The van der Waals surface area contributed by atoms with Crippen LogP contribution in [0.1, 0.15) is 15.9 Å². The Morgan fingerprint density at radius 1 is 1.45 bits per heavy atom. The van der Waals surface area contributed by atoms with Crippen molar-refractivity contribution in [2.24, 2.45) is 0 Å². The zero-order valence-electron chi connectivity index (χ0n) is 10.8. The van der Waals surface area contributed by atoms with Crippen LogP contribution in [0.3, 0.4) is 0 Å². The van der Waals surface area contributed by atoms with E-state index < -0.39 is 5.97 Å². The summed E-state index contributed by atoms with van der Waals surface area (Å²) in [7, 11) is 1.46. The number of hydrogen-bond donors (Lipinski definition) is 2. The second kappa shape index (κ2) is 5.75. The molecule has 20 heavy (non-hydrogen) atoms. The molecule has 1 aromatic heterocycles. The minimum absolute atomic E-state index is 0.191. The van der Waals surface area contributed by atoms with Gasteiger partial charge in [0, 0.05) is 5.69 Å². The standard InChI is InChI=1S/C13H12ClN3O3/c1-7-5-8(3-4-9(7)12(18)19)16-11-10(14)6-15-13(17-11)20-2/h3-6H,1-2H3,(H,18,19)(H,15,16,17). The smallest absolute Gasteiger partial charge is 0.335 e. The van der Waals surface area contributed by atoms with E-state index in [1.165, 1.54) is 19.4 Å². The van der Waals surface area contributed by atoms with Crippen molar-refractivity contribution in [3.8, 4) is 6.01 Å². The summed E-state index contributed by atoms with van der Waals surface area (Å²) in [6.07, 6.45) is 1.42. The van der Waals surface area contributed by atoms with Crippen LogP contribution >= 0.6 is 11.6 Å². The number of aromatic nitrogens is 2. The van der Waals surface area contributed by atoms with E-state index >= 15 is 0 Å². The summed E-state index contributed by atoms with van der Waals surface area (Å²) in [5, 5.41) is 12.3. The van der Waals surface area contributed by atoms with Crippen molar-refractivity contribution in [2.45, 2.75) is 6.92 Å². The van der Waals surface area contributed by atoms with Crippen molar-refractivity contribution in [3.63, 3.8) is 0 Å². The highest BCUT2D eigenvalue weighted by molar-refractivity contribution is 6.32. The summed E-state index contributed by atoms with van der Waals surface area (Å²) in [4.78, 5) is 18.9. The van der Waals surface area contributed by atoms with Crippen molar-refractivity contribution in [1.82, 2.24) is 9.97 Å². The maximum Gasteiger partial charge on any atom is 0.335 e. The molecular weight excluding hydrogens is 282 g/mol. The molecule has 2 N–H and O–H groups in total. The summed E-state index contributed by atoms with van der Waals surface area (Å²) < 4.78 is 4.92. The molecular formula is C13H12ClN3O3. The number of anilines is 2. The van der Waals surface area contributed by atoms with Gasteiger partial charge < -0.3 is 15.2 Å². The Balaban J connectivity index is 2.30. The average Bonchev–Trinajstić information content (AvgIpc) is 2.41. The van der Waals surface area contributed by atoms with Gasteiger partial charge in [-0.1, -0.05) is 11.6 Å². The van der Waals surface area contributed by atoms with Crippen LogP contribution in [0, 0.1) is 6.92 Å². The molecule has 2 aromatic rings. The van der Waals surface area contributed by atoms with E-state index in [2.05, 4.69) is 15.3 Å². The minimum Gasteiger partial charge on any atom is -0.478 e. The Hall–Kier alpha value is -2.34. The number of aryl methyl sites for hydroxylation is 1. The van der Waals surface area contributed by atoms with Gasteiger partial charge >= 0.3 is 12.0 Å². The van der Waals surface area contributed by atoms with Crippen LogP contribution in [-0.4, -0.2) is 28.2 Å². The lowest BCUT2D eigenvalue weighted by molar-refractivity contribution is 0.0696. The number of ether oxygens (including phenoxy) is 1. The first-order chi connectivity index (χ1) is 9.51. The lowest BCUT2D eigenvalue weighted by atomic mass is 10.1. The monoisotopic (exact) mass is 293 g/mol. The molecule has 0 aliphatic heterocycles. The van der Waals surface area contributed by atoms with E-state index in [0.29, 0.717) is 22.1 Å². The zero-order chi connectivity index (χ0) is 14.7. The van der Waals surface area contributed by atoms with Gasteiger partial charge in [0.25, 0.3) is 0 Å². The number of benzene rings is 1. The van der Waals surface area contributed by atoms with E-state index in [1.54, 1.807) is 19.1 Å². The quantitative estimate of drug-likeness (QED) is 0.901. The van der Waals surface area contributed by atoms with E-state index in [0.717, 1.165) is 0 Å². The van der Waals surface area contributed by atoms with Crippen LogP contribution in [0.4, 0.5) is 11.5 Å². The Morgan fingerprint density at radius 2 is 2.20 bits per heavy atom. The number of aromatic carboxylic acids is 1. The molecule has 2 rings (SSSR count). The number of carboxylic acid groups (broad SMARTS) is 1. The fraction of sp³-hybridized carbons (Fsp3) is 0.154. The lowest BCUT2D eigenvalue weighted by Crippen LogP contribution is -2.02. The second-order valence-corrected chi connectivity index (χ2v) is 4.42. The van der Waals surface area contributed by atoms with Gasteiger partial charge in [-0.25, -0.2) is 9.78 Å². The number of nitrogens with one attached hydrogen (secondary N) is 1. The molecule has 0 spiro atoms. The molecule has 0 amide bonds. The van der Waals surface area contributed by atoms with E-state index in [-0.39, 0.29) is 11.6 Å². The highest BCUT2D eigenvalue weighted by Crippen LogP contribution is 2.25. The molecule has 0 saturated heterocycles. The topological polar surface area (TPSA) is 84.3 Å². The van der Waals surface area contributed by atoms with Crippen molar-refractivity contribution in [1.29, 1.82) is 0 Å². The first-order valence-corrected chi connectivity index (χ1v) is 6.06. The van der Waals surface area contributed by atoms with Crippen molar-refractivity contribution < 1.29 is 14.6 Å². The lowest BCUT2D eigenvalue weighted by Gasteiger charge is -2.10. The molecule has 1 aromatic carbocycles. The molecule has 6 nitrogen and oxygen atoms in total. The third-order valence-corrected chi connectivity index (χ3v) is 2.90. The molecule has 0 aliphatic rings. The van der Waals surface area contributed by atoms with Crippen molar-refractivity contribution in [2.75, 3.05) is 12.4 Å². The SMILES string of the molecule is COc1ncc(Cl)c(Nc2ccc(C(=O)O)c(C)c2)n1. The number of carbonyl (C=O) groups is 1. The van der Waals surface area contributed by atoms with E-state index in [1.807, 2.05) is 0 Å². The van der Waals surface area contributed by atoms with Gasteiger partial charge in [-0.3, -0.25) is 0 Å². The maximum atomic E-state index is 11.0. The zero-order valence-corrected chi connectivity index (χ0v) is 11.6. The fourth-order valence-electron chi connectivity index (χ4n) is 1.66. The first kappa shape index (κ1) is 14.1. The van der Waals surface area contributed by atoms with Crippen LogP contribution in [-0.2, 0) is 0 Å². The third-order valence-electron chi connectivity index (χ3n) is 2.62.